The summed E-state index contributed by atoms with van der Waals surface area (Å²) in [5.74, 6) is 0.580. The molecule has 0 bridgehead atoms. The second-order valence-corrected chi connectivity index (χ2v) is 5.30. The fourth-order valence-corrected chi connectivity index (χ4v) is 2.33. The SMILES string of the molecule is CCc1ncc(C(=O)Nc2ccnn2C(C)C)s1. The highest BCUT2D eigenvalue weighted by Gasteiger charge is 2.13. The first-order valence-electron chi connectivity index (χ1n) is 5.91. The van der Waals surface area contributed by atoms with Gasteiger partial charge in [-0.25, -0.2) is 9.67 Å². The predicted molar refractivity (Wildman–Crippen MR) is 72.1 cm³/mol. The molecule has 0 fully saturated rings. The number of aromatic nitrogens is 3. The molecular formula is C12H16N4OS. The molecule has 0 unspecified atom stereocenters. The molecule has 1 N–H and O–H groups in total. The summed E-state index contributed by atoms with van der Waals surface area (Å²) in [5, 5.41) is 8.00. The van der Waals surface area contributed by atoms with E-state index in [-0.39, 0.29) is 11.9 Å². The first-order chi connectivity index (χ1) is 8.61. The molecule has 0 atom stereocenters. The van der Waals surface area contributed by atoms with Gasteiger partial charge in [0.25, 0.3) is 5.91 Å². The molecule has 0 aliphatic heterocycles. The summed E-state index contributed by atoms with van der Waals surface area (Å²) >= 11 is 1.42. The Morgan fingerprint density at radius 2 is 2.33 bits per heavy atom. The van der Waals surface area contributed by atoms with E-state index in [0.717, 1.165) is 11.4 Å². The van der Waals surface area contributed by atoms with Crippen LogP contribution in [0.25, 0.3) is 0 Å². The number of carbonyl (C=O) groups excluding carboxylic acids is 1. The molecule has 5 nitrogen and oxygen atoms in total. The van der Waals surface area contributed by atoms with E-state index in [1.807, 2.05) is 20.8 Å². The topological polar surface area (TPSA) is 59.8 Å². The zero-order valence-corrected chi connectivity index (χ0v) is 11.5. The van der Waals surface area contributed by atoms with Crippen LogP contribution in [0.4, 0.5) is 5.82 Å². The third-order valence-electron chi connectivity index (χ3n) is 2.48. The van der Waals surface area contributed by atoms with Gasteiger partial charge in [0, 0.05) is 12.1 Å². The summed E-state index contributed by atoms with van der Waals surface area (Å²) in [6.45, 7) is 6.06. The van der Waals surface area contributed by atoms with Crippen molar-refractivity contribution in [1.29, 1.82) is 0 Å². The van der Waals surface area contributed by atoms with E-state index >= 15 is 0 Å². The second kappa shape index (κ2) is 5.30. The zero-order chi connectivity index (χ0) is 13.1. The molecule has 0 aliphatic carbocycles. The Balaban J connectivity index is 2.13. The van der Waals surface area contributed by atoms with Crippen molar-refractivity contribution in [1.82, 2.24) is 14.8 Å². The zero-order valence-electron chi connectivity index (χ0n) is 10.7. The number of nitrogens with zero attached hydrogens (tertiary/aromatic N) is 3. The molecule has 0 radical (unpaired) electrons. The molecule has 2 rings (SSSR count). The number of aryl methyl sites for hydroxylation is 1. The highest BCUT2D eigenvalue weighted by molar-refractivity contribution is 7.13. The third kappa shape index (κ3) is 2.59. The van der Waals surface area contributed by atoms with E-state index in [1.165, 1.54) is 11.3 Å². The number of nitrogens with one attached hydrogen (secondary N) is 1. The monoisotopic (exact) mass is 264 g/mol. The summed E-state index contributed by atoms with van der Waals surface area (Å²) in [7, 11) is 0. The number of rotatable bonds is 4. The van der Waals surface area contributed by atoms with Crippen molar-refractivity contribution in [3.05, 3.63) is 28.3 Å². The second-order valence-electron chi connectivity index (χ2n) is 4.18. The molecule has 2 aromatic rings. The van der Waals surface area contributed by atoms with Crippen molar-refractivity contribution in [2.75, 3.05) is 5.32 Å². The minimum absolute atomic E-state index is 0.130. The Morgan fingerprint density at radius 3 is 2.94 bits per heavy atom. The highest BCUT2D eigenvalue weighted by atomic mass is 32.1. The van der Waals surface area contributed by atoms with Gasteiger partial charge in [-0.05, 0) is 20.3 Å². The maximum absolute atomic E-state index is 12.0. The summed E-state index contributed by atoms with van der Waals surface area (Å²) in [5.41, 5.74) is 0. The maximum Gasteiger partial charge on any atom is 0.268 e. The lowest BCUT2D eigenvalue weighted by atomic mass is 10.4. The molecule has 0 spiro atoms. The van der Waals surface area contributed by atoms with E-state index < -0.39 is 0 Å². The minimum atomic E-state index is -0.130. The van der Waals surface area contributed by atoms with Crippen LogP contribution in [0.2, 0.25) is 0 Å². The third-order valence-corrected chi connectivity index (χ3v) is 3.62. The van der Waals surface area contributed by atoms with Crippen molar-refractivity contribution < 1.29 is 4.79 Å². The van der Waals surface area contributed by atoms with E-state index in [1.54, 1.807) is 23.1 Å². The Hall–Kier alpha value is -1.69. The van der Waals surface area contributed by atoms with Crippen LogP contribution in [-0.4, -0.2) is 20.7 Å². The van der Waals surface area contributed by atoms with Crippen LogP contribution in [0.5, 0.6) is 0 Å². The maximum atomic E-state index is 12.0. The Morgan fingerprint density at radius 1 is 1.56 bits per heavy atom. The number of hydrogen-bond donors (Lipinski definition) is 1. The Kier molecular flexibility index (Phi) is 3.76. The van der Waals surface area contributed by atoms with E-state index in [9.17, 15) is 4.79 Å². The number of carbonyl (C=O) groups is 1. The fourth-order valence-electron chi connectivity index (χ4n) is 1.58. The Bertz CT molecular complexity index is 544. The van der Waals surface area contributed by atoms with Gasteiger partial charge in [-0.15, -0.1) is 11.3 Å². The Labute approximate surface area is 110 Å². The van der Waals surface area contributed by atoms with Crippen LogP contribution in [0.1, 0.15) is 41.5 Å². The molecule has 0 saturated carbocycles. The van der Waals surface area contributed by atoms with E-state index in [2.05, 4.69) is 15.4 Å². The highest BCUT2D eigenvalue weighted by Crippen LogP contribution is 2.17. The molecule has 96 valence electrons. The molecule has 6 heteroatoms. The van der Waals surface area contributed by atoms with Crippen molar-refractivity contribution >= 4 is 23.1 Å². The lowest BCUT2D eigenvalue weighted by Gasteiger charge is -2.10. The molecule has 18 heavy (non-hydrogen) atoms. The molecule has 1 amide bonds. The number of thiazole rings is 1. The van der Waals surface area contributed by atoms with Gasteiger partial charge in [0.05, 0.1) is 17.4 Å². The number of anilines is 1. The lowest BCUT2D eigenvalue weighted by Crippen LogP contribution is -2.15. The van der Waals surface area contributed by atoms with Crippen molar-refractivity contribution in [3.8, 4) is 0 Å². The lowest BCUT2D eigenvalue weighted by molar-refractivity contribution is 0.102. The number of hydrogen-bond acceptors (Lipinski definition) is 4. The molecule has 0 saturated heterocycles. The molecular weight excluding hydrogens is 248 g/mol. The largest absolute Gasteiger partial charge is 0.306 e. The first-order valence-corrected chi connectivity index (χ1v) is 6.73. The average Bonchev–Trinajstić information content (AvgIpc) is 2.96. The van der Waals surface area contributed by atoms with Crippen molar-refractivity contribution in [2.24, 2.45) is 0 Å². The average molecular weight is 264 g/mol. The van der Waals surface area contributed by atoms with Gasteiger partial charge in [-0.2, -0.15) is 5.10 Å². The van der Waals surface area contributed by atoms with Crippen LogP contribution in [0, 0.1) is 0 Å². The van der Waals surface area contributed by atoms with Crippen molar-refractivity contribution in [3.63, 3.8) is 0 Å². The predicted octanol–water partition coefficient (Wildman–Crippen LogP) is 2.74. The fraction of sp³-hybridized carbons (Fsp3) is 0.417. The standard InChI is InChI=1S/C12H16N4OS/c1-4-11-13-7-9(18-11)12(17)15-10-5-6-14-16(10)8(2)3/h5-8H,4H2,1-3H3,(H,15,17). The number of amides is 1. The minimum Gasteiger partial charge on any atom is -0.306 e. The van der Waals surface area contributed by atoms with Gasteiger partial charge in [0.1, 0.15) is 10.7 Å². The van der Waals surface area contributed by atoms with Crippen LogP contribution in [0.15, 0.2) is 18.5 Å². The summed E-state index contributed by atoms with van der Waals surface area (Å²) < 4.78 is 1.78. The first kappa shape index (κ1) is 12.8. The van der Waals surface area contributed by atoms with Crippen LogP contribution >= 0.6 is 11.3 Å². The summed E-state index contributed by atoms with van der Waals surface area (Å²) in [6.07, 6.45) is 4.15. The van der Waals surface area contributed by atoms with Gasteiger partial charge in [-0.3, -0.25) is 4.79 Å². The van der Waals surface area contributed by atoms with Gasteiger partial charge < -0.3 is 5.32 Å². The molecule has 2 aromatic heterocycles. The van der Waals surface area contributed by atoms with Gasteiger partial charge >= 0.3 is 0 Å². The summed E-state index contributed by atoms with van der Waals surface area (Å²) in [6, 6.07) is 2.00. The van der Waals surface area contributed by atoms with Crippen LogP contribution in [0.3, 0.4) is 0 Å². The van der Waals surface area contributed by atoms with Crippen LogP contribution in [-0.2, 0) is 6.42 Å². The van der Waals surface area contributed by atoms with E-state index in [4.69, 9.17) is 0 Å². The molecule has 0 aliphatic rings. The van der Waals surface area contributed by atoms with Gasteiger partial charge in [0.2, 0.25) is 0 Å². The van der Waals surface area contributed by atoms with Crippen molar-refractivity contribution in [2.45, 2.75) is 33.2 Å². The van der Waals surface area contributed by atoms with E-state index in [0.29, 0.717) is 10.7 Å². The quantitative estimate of drug-likeness (QED) is 0.923. The normalized spacial score (nSPS) is 10.9. The molecule has 0 aromatic carbocycles. The van der Waals surface area contributed by atoms with Gasteiger partial charge in [0.15, 0.2) is 0 Å². The molecule has 2 heterocycles. The van der Waals surface area contributed by atoms with Gasteiger partial charge in [-0.1, -0.05) is 6.92 Å². The summed E-state index contributed by atoms with van der Waals surface area (Å²) in [4.78, 5) is 16.8. The smallest absolute Gasteiger partial charge is 0.268 e. The van der Waals surface area contributed by atoms with Crippen LogP contribution < -0.4 is 5.32 Å².